The van der Waals surface area contributed by atoms with Crippen molar-refractivity contribution in [3.63, 3.8) is 0 Å². The number of benzene rings is 1. The van der Waals surface area contributed by atoms with E-state index in [2.05, 4.69) is 10.3 Å². The molecule has 2 aromatic rings. The maximum atomic E-state index is 12.7. The highest BCUT2D eigenvalue weighted by atomic mass is 19.1. The first-order valence-electron chi connectivity index (χ1n) is 5.77. The lowest BCUT2D eigenvalue weighted by Crippen LogP contribution is -2.14. The summed E-state index contributed by atoms with van der Waals surface area (Å²) in [6.07, 6.45) is 1.01. The van der Waals surface area contributed by atoms with E-state index in [1.807, 2.05) is 19.9 Å². The molecule has 98 valence electrons. The summed E-state index contributed by atoms with van der Waals surface area (Å²) in [5.41, 5.74) is 9.05. The lowest BCUT2D eigenvalue weighted by atomic mass is 10.1. The smallest absolute Gasteiger partial charge is 0.274 e. The lowest BCUT2D eigenvalue weighted by Gasteiger charge is -2.10. The number of carbonyl (C=O) groups excluding carboxylic acids is 1. The van der Waals surface area contributed by atoms with E-state index in [0.717, 1.165) is 17.3 Å². The number of nitrogens with zero attached hydrogens (tertiary/aromatic N) is 1. The number of aromatic nitrogens is 1. The van der Waals surface area contributed by atoms with Crippen LogP contribution in [0.3, 0.4) is 0 Å². The summed E-state index contributed by atoms with van der Waals surface area (Å²) in [5, 5.41) is 2.71. The average Bonchev–Trinajstić information content (AvgIpc) is 2.36. The Morgan fingerprint density at radius 2 is 2.00 bits per heavy atom. The van der Waals surface area contributed by atoms with Gasteiger partial charge >= 0.3 is 0 Å². The number of pyridine rings is 1. The van der Waals surface area contributed by atoms with Crippen molar-refractivity contribution in [3.05, 3.63) is 53.1 Å². The number of halogens is 1. The Kier molecular flexibility index (Phi) is 3.46. The molecular weight excluding hydrogens is 245 g/mol. The normalized spacial score (nSPS) is 10.3. The molecule has 0 aliphatic carbocycles. The van der Waals surface area contributed by atoms with Crippen LogP contribution in [0, 0.1) is 19.7 Å². The number of nitrogens with two attached hydrogens (primary N) is 1. The second kappa shape index (κ2) is 5.06. The summed E-state index contributed by atoms with van der Waals surface area (Å²) in [5.74, 6) is -0.876. The number of rotatable bonds is 2. The first-order chi connectivity index (χ1) is 8.97. The second-order valence-corrected chi connectivity index (χ2v) is 4.34. The third-order valence-electron chi connectivity index (χ3n) is 2.82. The van der Waals surface area contributed by atoms with E-state index in [4.69, 9.17) is 5.73 Å². The highest BCUT2D eigenvalue weighted by molar-refractivity contribution is 6.03. The van der Waals surface area contributed by atoms with Crippen LogP contribution in [0.4, 0.5) is 15.8 Å². The van der Waals surface area contributed by atoms with Gasteiger partial charge in [0, 0.05) is 11.4 Å². The van der Waals surface area contributed by atoms with Gasteiger partial charge in [-0.05, 0) is 43.2 Å². The van der Waals surface area contributed by atoms with Gasteiger partial charge in [-0.1, -0.05) is 6.07 Å². The molecule has 1 amide bonds. The zero-order chi connectivity index (χ0) is 14.0. The second-order valence-electron chi connectivity index (χ2n) is 4.34. The van der Waals surface area contributed by atoms with Crippen LogP contribution in [0.25, 0.3) is 0 Å². The van der Waals surface area contributed by atoms with Crippen LogP contribution >= 0.6 is 0 Å². The van der Waals surface area contributed by atoms with Crippen molar-refractivity contribution < 1.29 is 9.18 Å². The van der Waals surface area contributed by atoms with E-state index in [1.54, 1.807) is 6.07 Å². The Hall–Kier alpha value is -2.43. The molecule has 0 unspecified atom stereocenters. The zero-order valence-corrected chi connectivity index (χ0v) is 10.7. The van der Waals surface area contributed by atoms with Crippen molar-refractivity contribution >= 4 is 17.3 Å². The third kappa shape index (κ3) is 2.88. The van der Waals surface area contributed by atoms with E-state index in [0.29, 0.717) is 11.4 Å². The highest BCUT2D eigenvalue weighted by Crippen LogP contribution is 2.22. The zero-order valence-electron chi connectivity index (χ0n) is 10.7. The highest BCUT2D eigenvalue weighted by Gasteiger charge is 2.10. The molecule has 1 aromatic carbocycles. The van der Waals surface area contributed by atoms with E-state index < -0.39 is 11.7 Å². The first kappa shape index (κ1) is 13.0. The number of aryl methyl sites for hydroxylation is 2. The molecule has 0 atom stereocenters. The van der Waals surface area contributed by atoms with Gasteiger partial charge in [0.15, 0.2) is 0 Å². The van der Waals surface area contributed by atoms with Gasteiger partial charge in [-0.2, -0.15) is 0 Å². The lowest BCUT2D eigenvalue weighted by molar-refractivity contribution is 0.102. The quantitative estimate of drug-likeness (QED) is 0.815. The predicted octanol–water partition coefficient (Wildman–Crippen LogP) is 2.67. The van der Waals surface area contributed by atoms with Gasteiger partial charge in [-0.25, -0.2) is 9.37 Å². The van der Waals surface area contributed by atoms with Gasteiger partial charge in [0.05, 0.1) is 6.20 Å². The number of amides is 1. The SMILES string of the molecule is Cc1cc(C)c(NC(=O)c2ccc(F)cn2)cc1N. The number of anilines is 2. The molecule has 0 fully saturated rings. The molecule has 2 rings (SSSR count). The molecule has 0 saturated heterocycles. The Morgan fingerprint density at radius 1 is 1.26 bits per heavy atom. The topological polar surface area (TPSA) is 68.0 Å². The van der Waals surface area contributed by atoms with Crippen LogP contribution in [0.15, 0.2) is 30.5 Å². The molecule has 3 N–H and O–H groups in total. The molecule has 1 aromatic heterocycles. The number of carbonyl (C=O) groups is 1. The van der Waals surface area contributed by atoms with Gasteiger partial charge in [-0.15, -0.1) is 0 Å². The fourth-order valence-corrected chi connectivity index (χ4v) is 1.70. The monoisotopic (exact) mass is 259 g/mol. The van der Waals surface area contributed by atoms with E-state index in [1.165, 1.54) is 12.1 Å². The third-order valence-corrected chi connectivity index (χ3v) is 2.82. The maximum Gasteiger partial charge on any atom is 0.274 e. The van der Waals surface area contributed by atoms with Crippen LogP contribution < -0.4 is 11.1 Å². The molecule has 4 nitrogen and oxygen atoms in total. The van der Waals surface area contributed by atoms with E-state index >= 15 is 0 Å². The van der Waals surface area contributed by atoms with Crippen molar-refractivity contribution in [2.45, 2.75) is 13.8 Å². The maximum absolute atomic E-state index is 12.7. The van der Waals surface area contributed by atoms with Crippen molar-refractivity contribution in [1.82, 2.24) is 4.98 Å². The number of nitrogen functional groups attached to an aromatic ring is 1. The fourth-order valence-electron chi connectivity index (χ4n) is 1.70. The summed E-state index contributed by atoms with van der Waals surface area (Å²) in [7, 11) is 0. The summed E-state index contributed by atoms with van der Waals surface area (Å²) in [6, 6.07) is 6.12. The molecule has 0 aliphatic rings. The van der Waals surface area contributed by atoms with Crippen LogP contribution in [0.2, 0.25) is 0 Å². The minimum atomic E-state index is -0.479. The Balaban J connectivity index is 2.24. The number of nitrogens with one attached hydrogen (secondary N) is 1. The van der Waals surface area contributed by atoms with E-state index in [9.17, 15) is 9.18 Å². The summed E-state index contributed by atoms with van der Waals surface area (Å²) >= 11 is 0. The van der Waals surface area contributed by atoms with Crippen LogP contribution in [-0.2, 0) is 0 Å². The van der Waals surface area contributed by atoms with E-state index in [-0.39, 0.29) is 5.69 Å². The summed E-state index contributed by atoms with van der Waals surface area (Å²) in [6.45, 7) is 3.77. The predicted molar refractivity (Wildman–Crippen MR) is 72.5 cm³/mol. The van der Waals surface area contributed by atoms with Crippen molar-refractivity contribution in [3.8, 4) is 0 Å². The Bertz CT molecular complexity index is 623. The van der Waals surface area contributed by atoms with Gasteiger partial charge in [0.2, 0.25) is 0 Å². The minimum absolute atomic E-state index is 0.153. The molecular formula is C14H14FN3O. The molecule has 0 spiro atoms. The standard InChI is InChI=1S/C14H14FN3O/c1-8-5-9(2)13(6-11(8)16)18-14(19)12-4-3-10(15)7-17-12/h3-7H,16H2,1-2H3,(H,18,19). The molecule has 19 heavy (non-hydrogen) atoms. The molecule has 0 radical (unpaired) electrons. The fraction of sp³-hybridized carbons (Fsp3) is 0.143. The van der Waals surface area contributed by atoms with Crippen LogP contribution in [-0.4, -0.2) is 10.9 Å². The molecule has 0 saturated carbocycles. The number of hydrogen-bond acceptors (Lipinski definition) is 3. The largest absolute Gasteiger partial charge is 0.398 e. The van der Waals surface area contributed by atoms with Crippen molar-refractivity contribution in [1.29, 1.82) is 0 Å². The van der Waals surface area contributed by atoms with Crippen LogP contribution in [0.5, 0.6) is 0 Å². The van der Waals surface area contributed by atoms with Crippen molar-refractivity contribution in [2.75, 3.05) is 11.1 Å². The molecule has 0 bridgehead atoms. The van der Waals surface area contributed by atoms with Crippen molar-refractivity contribution in [2.24, 2.45) is 0 Å². The van der Waals surface area contributed by atoms with Gasteiger partial charge in [-0.3, -0.25) is 4.79 Å². The van der Waals surface area contributed by atoms with Gasteiger partial charge in [0.1, 0.15) is 11.5 Å². The summed E-state index contributed by atoms with van der Waals surface area (Å²) < 4.78 is 12.7. The van der Waals surface area contributed by atoms with Gasteiger partial charge < -0.3 is 11.1 Å². The Labute approximate surface area is 110 Å². The van der Waals surface area contributed by atoms with Crippen LogP contribution in [0.1, 0.15) is 21.6 Å². The molecule has 5 heteroatoms. The minimum Gasteiger partial charge on any atom is -0.398 e. The Morgan fingerprint density at radius 3 is 2.63 bits per heavy atom. The molecule has 0 aliphatic heterocycles. The number of hydrogen-bond donors (Lipinski definition) is 2. The average molecular weight is 259 g/mol. The molecule has 1 heterocycles. The first-order valence-corrected chi connectivity index (χ1v) is 5.77. The summed E-state index contributed by atoms with van der Waals surface area (Å²) in [4.78, 5) is 15.7. The van der Waals surface area contributed by atoms with Gasteiger partial charge in [0.25, 0.3) is 5.91 Å².